The number of nitrogens with one attached hydrogen (secondary N) is 3. The summed E-state index contributed by atoms with van der Waals surface area (Å²) in [6.07, 6.45) is 0. The van der Waals surface area contributed by atoms with Crippen LogP contribution in [0.4, 0.5) is 5.69 Å². The molecule has 3 N–H and O–H groups in total. The van der Waals surface area contributed by atoms with Gasteiger partial charge in [0.25, 0.3) is 15.9 Å². The van der Waals surface area contributed by atoms with Crippen LogP contribution >= 0.6 is 0 Å². The number of ether oxygens (including phenoxy) is 1. The lowest BCUT2D eigenvalue weighted by Gasteiger charge is -2.23. The molecule has 0 aliphatic carbocycles. The third kappa shape index (κ3) is 7.29. The van der Waals surface area contributed by atoms with Crippen LogP contribution in [-0.2, 0) is 14.8 Å². The van der Waals surface area contributed by atoms with Gasteiger partial charge in [0.05, 0.1) is 11.5 Å². The van der Waals surface area contributed by atoms with Crippen molar-refractivity contribution in [3.63, 3.8) is 0 Å². The van der Waals surface area contributed by atoms with Gasteiger partial charge in [0.1, 0.15) is 11.8 Å². The smallest absolute Gasteiger partial charge is 0.261 e. The average molecular weight is 448 g/mol. The minimum Gasteiger partial charge on any atom is -0.494 e. The summed E-state index contributed by atoms with van der Waals surface area (Å²) in [6, 6.07) is 11.3. The topological polar surface area (TPSA) is 114 Å². The van der Waals surface area contributed by atoms with Crippen LogP contribution in [0.1, 0.15) is 45.0 Å². The molecule has 31 heavy (non-hydrogen) atoms. The highest BCUT2D eigenvalue weighted by molar-refractivity contribution is 7.92. The molecule has 0 fully saturated rings. The van der Waals surface area contributed by atoms with Crippen LogP contribution in [0.25, 0.3) is 0 Å². The van der Waals surface area contributed by atoms with Crippen molar-refractivity contribution in [2.75, 3.05) is 11.3 Å². The summed E-state index contributed by atoms with van der Waals surface area (Å²) in [5.74, 6) is -0.134. The van der Waals surface area contributed by atoms with E-state index in [1.807, 2.05) is 27.7 Å². The number of hydrogen-bond acceptors (Lipinski definition) is 5. The van der Waals surface area contributed by atoms with Crippen LogP contribution in [-0.4, -0.2) is 38.4 Å². The molecule has 0 saturated heterocycles. The van der Waals surface area contributed by atoms with E-state index in [4.69, 9.17) is 4.74 Å². The van der Waals surface area contributed by atoms with Gasteiger partial charge in [0, 0.05) is 16.8 Å². The second-order valence-electron chi connectivity index (χ2n) is 8.02. The van der Waals surface area contributed by atoms with Crippen LogP contribution in [0.15, 0.2) is 53.4 Å². The molecule has 2 aromatic carbocycles. The monoisotopic (exact) mass is 447 g/mol. The van der Waals surface area contributed by atoms with Gasteiger partial charge in [-0.2, -0.15) is 0 Å². The third-order valence-corrected chi connectivity index (χ3v) is 5.48. The third-order valence-electron chi connectivity index (χ3n) is 4.08. The lowest BCUT2D eigenvalue weighted by molar-refractivity contribution is -0.124. The highest BCUT2D eigenvalue weighted by atomic mass is 32.2. The molecule has 2 amide bonds. The van der Waals surface area contributed by atoms with Gasteiger partial charge in [0.15, 0.2) is 0 Å². The molecule has 2 aromatic rings. The number of rotatable bonds is 8. The van der Waals surface area contributed by atoms with Gasteiger partial charge in [-0.15, -0.1) is 0 Å². The summed E-state index contributed by atoms with van der Waals surface area (Å²) < 4.78 is 33.0. The fourth-order valence-electron chi connectivity index (χ4n) is 2.61. The molecule has 168 valence electrons. The van der Waals surface area contributed by atoms with Crippen molar-refractivity contribution < 1.29 is 22.7 Å². The summed E-state index contributed by atoms with van der Waals surface area (Å²) in [5.41, 5.74) is 0.224. The minimum absolute atomic E-state index is 0.0106. The quantitative estimate of drug-likeness (QED) is 0.576. The predicted molar refractivity (Wildman–Crippen MR) is 120 cm³/mol. The van der Waals surface area contributed by atoms with Gasteiger partial charge in [-0.25, -0.2) is 8.42 Å². The number of hydrogen-bond donors (Lipinski definition) is 3. The molecule has 0 aromatic heterocycles. The van der Waals surface area contributed by atoms with E-state index >= 15 is 0 Å². The SMILES string of the molecule is CCOc1ccc(NS(=O)(=O)c2ccc(C(=O)NC(C)C(=O)NC(C)(C)C)cc2)cc1. The first-order valence-electron chi connectivity index (χ1n) is 9.90. The molecular formula is C22H29N3O5S. The Bertz CT molecular complexity index is 1010. The van der Waals surface area contributed by atoms with Crippen LogP contribution in [0.2, 0.25) is 0 Å². The van der Waals surface area contributed by atoms with Crippen molar-refractivity contribution in [1.29, 1.82) is 0 Å². The summed E-state index contributed by atoms with van der Waals surface area (Å²) in [7, 11) is -3.82. The standard InChI is InChI=1S/C22H29N3O5S/c1-6-30-18-11-9-17(10-12-18)25-31(28,29)19-13-7-16(8-14-19)21(27)23-15(2)20(26)24-22(3,4)5/h7-15,25H,6H2,1-5H3,(H,23,27)(H,24,26). The molecule has 1 atom stereocenters. The van der Waals surface area contributed by atoms with E-state index in [9.17, 15) is 18.0 Å². The van der Waals surface area contributed by atoms with E-state index in [1.165, 1.54) is 24.3 Å². The Kier molecular flexibility index (Phi) is 7.67. The van der Waals surface area contributed by atoms with E-state index < -0.39 is 27.5 Å². The normalized spacial score (nSPS) is 12.5. The molecule has 0 bridgehead atoms. The maximum absolute atomic E-state index is 12.6. The summed E-state index contributed by atoms with van der Waals surface area (Å²) in [4.78, 5) is 24.5. The zero-order valence-corrected chi connectivity index (χ0v) is 19.2. The van der Waals surface area contributed by atoms with Gasteiger partial charge >= 0.3 is 0 Å². The van der Waals surface area contributed by atoms with Crippen molar-refractivity contribution in [2.24, 2.45) is 0 Å². The first-order valence-corrected chi connectivity index (χ1v) is 11.4. The van der Waals surface area contributed by atoms with Gasteiger partial charge in [-0.1, -0.05) is 0 Å². The van der Waals surface area contributed by atoms with Crippen molar-refractivity contribution in [3.05, 3.63) is 54.1 Å². The van der Waals surface area contributed by atoms with Crippen molar-refractivity contribution in [1.82, 2.24) is 10.6 Å². The number of carbonyl (C=O) groups is 2. The first kappa shape index (κ1) is 24.2. The zero-order valence-electron chi connectivity index (χ0n) is 18.4. The Hall–Kier alpha value is -3.07. The van der Waals surface area contributed by atoms with E-state index in [0.717, 1.165) is 0 Å². The van der Waals surface area contributed by atoms with Crippen LogP contribution in [0, 0.1) is 0 Å². The van der Waals surface area contributed by atoms with Gasteiger partial charge in [-0.05, 0) is 83.1 Å². The zero-order chi connectivity index (χ0) is 23.2. The molecule has 2 rings (SSSR count). The van der Waals surface area contributed by atoms with Crippen molar-refractivity contribution in [2.45, 2.75) is 51.1 Å². The van der Waals surface area contributed by atoms with Crippen LogP contribution in [0.5, 0.6) is 5.75 Å². The largest absolute Gasteiger partial charge is 0.494 e. The van der Waals surface area contributed by atoms with E-state index in [1.54, 1.807) is 31.2 Å². The highest BCUT2D eigenvalue weighted by Gasteiger charge is 2.21. The molecule has 0 radical (unpaired) electrons. The second kappa shape index (κ2) is 9.82. The average Bonchev–Trinajstić information content (AvgIpc) is 2.68. The fraction of sp³-hybridized carbons (Fsp3) is 0.364. The van der Waals surface area contributed by atoms with E-state index in [-0.39, 0.29) is 16.4 Å². The molecule has 0 aliphatic rings. The lowest BCUT2D eigenvalue weighted by atomic mass is 10.1. The Balaban J connectivity index is 2.04. The van der Waals surface area contributed by atoms with Gasteiger partial charge in [0.2, 0.25) is 5.91 Å². The number of amides is 2. The number of carbonyl (C=O) groups excluding carboxylic acids is 2. The molecule has 1 unspecified atom stereocenters. The Morgan fingerprint density at radius 2 is 1.58 bits per heavy atom. The van der Waals surface area contributed by atoms with Gasteiger partial charge in [-0.3, -0.25) is 14.3 Å². The Labute approximate surface area is 183 Å². The summed E-state index contributed by atoms with van der Waals surface area (Å²) in [6.45, 7) is 9.51. The van der Waals surface area contributed by atoms with E-state index in [0.29, 0.717) is 18.0 Å². The van der Waals surface area contributed by atoms with Crippen molar-refractivity contribution in [3.8, 4) is 5.75 Å². The summed E-state index contributed by atoms with van der Waals surface area (Å²) >= 11 is 0. The number of benzene rings is 2. The Morgan fingerprint density at radius 1 is 1.00 bits per heavy atom. The fourth-order valence-corrected chi connectivity index (χ4v) is 3.67. The second-order valence-corrected chi connectivity index (χ2v) is 9.70. The summed E-state index contributed by atoms with van der Waals surface area (Å²) in [5, 5.41) is 5.39. The number of anilines is 1. The lowest BCUT2D eigenvalue weighted by Crippen LogP contribution is -2.50. The molecule has 8 nitrogen and oxygen atoms in total. The van der Waals surface area contributed by atoms with Crippen molar-refractivity contribution >= 4 is 27.5 Å². The Morgan fingerprint density at radius 3 is 2.10 bits per heavy atom. The first-order chi connectivity index (χ1) is 14.4. The van der Waals surface area contributed by atoms with Crippen LogP contribution in [0.3, 0.4) is 0 Å². The predicted octanol–water partition coefficient (Wildman–Crippen LogP) is 2.92. The highest BCUT2D eigenvalue weighted by Crippen LogP contribution is 2.20. The number of sulfonamides is 1. The maximum Gasteiger partial charge on any atom is 0.261 e. The van der Waals surface area contributed by atoms with E-state index in [2.05, 4.69) is 15.4 Å². The molecule has 0 aliphatic heterocycles. The molecule has 0 heterocycles. The molecule has 9 heteroatoms. The molecule has 0 spiro atoms. The van der Waals surface area contributed by atoms with Gasteiger partial charge < -0.3 is 15.4 Å². The molecular weight excluding hydrogens is 418 g/mol. The van der Waals surface area contributed by atoms with Crippen LogP contribution < -0.4 is 20.1 Å². The minimum atomic E-state index is -3.82. The molecule has 0 saturated carbocycles. The maximum atomic E-state index is 12.6.